The van der Waals surface area contributed by atoms with Crippen molar-refractivity contribution in [2.24, 2.45) is 0 Å². The van der Waals surface area contributed by atoms with E-state index in [1.54, 1.807) is 6.07 Å². The van der Waals surface area contributed by atoms with E-state index in [1.165, 1.54) is 6.07 Å². The van der Waals surface area contributed by atoms with E-state index in [2.05, 4.69) is 4.98 Å². The number of pyridine rings is 1. The third-order valence-electron chi connectivity index (χ3n) is 3.29. The number of carboxylic acid groups (broad SMARTS) is 1. The molecule has 1 aliphatic heterocycles. The highest BCUT2D eigenvalue weighted by atomic mass is 16.6. The fraction of sp³-hybridized carbons (Fsp3) is 0.500. The van der Waals surface area contributed by atoms with Gasteiger partial charge in [0.05, 0.1) is 11.0 Å². The van der Waals surface area contributed by atoms with Gasteiger partial charge in [-0.1, -0.05) is 0 Å². The number of carboxylic acids is 1. The number of anilines is 2. The van der Waals surface area contributed by atoms with Crippen molar-refractivity contribution in [3.63, 3.8) is 0 Å². The maximum absolute atomic E-state index is 10.7. The van der Waals surface area contributed by atoms with Gasteiger partial charge < -0.3 is 20.5 Å². The van der Waals surface area contributed by atoms with Crippen molar-refractivity contribution >= 4 is 23.3 Å². The Balaban J connectivity index is 1.94. The van der Waals surface area contributed by atoms with Crippen molar-refractivity contribution in [3.8, 4) is 0 Å². The van der Waals surface area contributed by atoms with Gasteiger partial charge in [0.1, 0.15) is 12.4 Å². The lowest BCUT2D eigenvalue weighted by atomic mass is 10.1. The number of carbonyl (C=O) groups is 1. The molecule has 0 atom stereocenters. The van der Waals surface area contributed by atoms with Crippen LogP contribution in [0.2, 0.25) is 0 Å². The van der Waals surface area contributed by atoms with Gasteiger partial charge in [0.2, 0.25) is 5.82 Å². The molecule has 0 saturated carbocycles. The maximum atomic E-state index is 10.7. The molecule has 2 rings (SSSR count). The number of hydrogen-bond acceptors (Lipinski definition) is 7. The van der Waals surface area contributed by atoms with Gasteiger partial charge in [-0.25, -0.2) is 9.78 Å². The van der Waals surface area contributed by atoms with Crippen molar-refractivity contribution < 1.29 is 19.6 Å². The summed E-state index contributed by atoms with van der Waals surface area (Å²) < 4.78 is 5.24. The average Bonchev–Trinajstić information content (AvgIpc) is 2.45. The van der Waals surface area contributed by atoms with Gasteiger partial charge in [-0.2, -0.15) is 0 Å². The lowest BCUT2D eigenvalue weighted by Crippen LogP contribution is -2.38. The largest absolute Gasteiger partial charge is 0.480 e. The van der Waals surface area contributed by atoms with E-state index < -0.39 is 10.9 Å². The summed E-state index contributed by atoms with van der Waals surface area (Å²) in [4.78, 5) is 26.5. The Labute approximate surface area is 120 Å². The van der Waals surface area contributed by atoms with E-state index in [4.69, 9.17) is 15.6 Å². The zero-order valence-electron chi connectivity index (χ0n) is 11.3. The summed E-state index contributed by atoms with van der Waals surface area (Å²) in [7, 11) is 0. The fourth-order valence-corrected chi connectivity index (χ4v) is 2.23. The molecule has 21 heavy (non-hydrogen) atoms. The summed E-state index contributed by atoms with van der Waals surface area (Å²) in [6.45, 7) is 0.969. The van der Waals surface area contributed by atoms with Gasteiger partial charge in [-0.05, 0) is 18.9 Å². The van der Waals surface area contributed by atoms with Crippen molar-refractivity contribution in [2.45, 2.75) is 18.9 Å². The van der Waals surface area contributed by atoms with E-state index in [-0.39, 0.29) is 24.2 Å². The van der Waals surface area contributed by atoms with Gasteiger partial charge in [-0.3, -0.25) is 10.1 Å². The summed E-state index contributed by atoms with van der Waals surface area (Å²) in [5, 5.41) is 19.2. The number of hydrogen-bond donors (Lipinski definition) is 2. The number of piperidine rings is 1. The van der Waals surface area contributed by atoms with E-state index in [0.29, 0.717) is 31.7 Å². The second-order valence-corrected chi connectivity index (χ2v) is 4.72. The van der Waals surface area contributed by atoms with E-state index in [9.17, 15) is 14.9 Å². The van der Waals surface area contributed by atoms with Crippen LogP contribution in [0.25, 0.3) is 0 Å². The van der Waals surface area contributed by atoms with Crippen LogP contribution in [-0.2, 0) is 9.53 Å². The van der Waals surface area contributed by atoms with E-state index in [1.807, 2.05) is 4.90 Å². The van der Waals surface area contributed by atoms with Crippen LogP contribution in [0, 0.1) is 10.1 Å². The van der Waals surface area contributed by atoms with Crippen molar-refractivity contribution in [3.05, 3.63) is 22.2 Å². The minimum Gasteiger partial charge on any atom is -0.480 e. The molecular weight excluding hydrogens is 280 g/mol. The number of nitro groups is 1. The number of rotatable bonds is 5. The molecule has 0 aromatic carbocycles. The second kappa shape index (κ2) is 6.35. The first kappa shape index (κ1) is 15.0. The highest BCUT2D eigenvalue weighted by Crippen LogP contribution is 2.25. The SMILES string of the molecule is Nc1nc(N2CCC(OCC(=O)O)CC2)ccc1[N+](=O)[O-]. The molecule has 0 amide bonds. The molecule has 9 nitrogen and oxygen atoms in total. The molecular formula is C12H16N4O5. The van der Waals surface area contributed by atoms with Crippen LogP contribution in [0.15, 0.2) is 12.1 Å². The molecule has 114 valence electrons. The summed E-state index contributed by atoms with van der Waals surface area (Å²) in [6, 6.07) is 2.90. The van der Waals surface area contributed by atoms with Crippen LogP contribution < -0.4 is 10.6 Å². The summed E-state index contributed by atoms with van der Waals surface area (Å²) in [6.07, 6.45) is 1.25. The predicted octanol–water partition coefficient (Wildman–Crippen LogP) is 0.642. The summed E-state index contributed by atoms with van der Waals surface area (Å²) in [5.41, 5.74) is 5.36. The number of ether oxygens (including phenoxy) is 1. The van der Waals surface area contributed by atoms with Gasteiger partial charge >= 0.3 is 11.7 Å². The molecule has 3 N–H and O–H groups in total. The lowest BCUT2D eigenvalue weighted by Gasteiger charge is -2.32. The van der Waals surface area contributed by atoms with Crippen molar-refractivity contribution in [2.75, 3.05) is 30.3 Å². The summed E-state index contributed by atoms with van der Waals surface area (Å²) in [5.74, 6) is -0.515. The van der Waals surface area contributed by atoms with Crippen LogP contribution in [0.5, 0.6) is 0 Å². The third-order valence-corrected chi connectivity index (χ3v) is 3.29. The van der Waals surface area contributed by atoms with Crippen molar-refractivity contribution in [1.29, 1.82) is 0 Å². The highest BCUT2D eigenvalue weighted by Gasteiger charge is 2.23. The van der Waals surface area contributed by atoms with Gasteiger partial charge in [0.25, 0.3) is 0 Å². The Morgan fingerprint density at radius 1 is 1.52 bits per heavy atom. The first-order valence-corrected chi connectivity index (χ1v) is 6.46. The number of nitrogens with zero attached hydrogens (tertiary/aromatic N) is 3. The molecule has 2 heterocycles. The quantitative estimate of drug-likeness (QED) is 0.597. The lowest BCUT2D eigenvalue weighted by molar-refractivity contribution is -0.384. The molecule has 0 spiro atoms. The van der Waals surface area contributed by atoms with E-state index in [0.717, 1.165) is 0 Å². The molecule has 1 aromatic rings. The van der Waals surface area contributed by atoms with E-state index >= 15 is 0 Å². The van der Waals surface area contributed by atoms with Crippen LogP contribution in [0.1, 0.15) is 12.8 Å². The Kier molecular flexibility index (Phi) is 4.53. The Morgan fingerprint density at radius 2 is 2.19 bits per heavy atom. The van der Waals surface area contributed by atoms with Crippen LogP contribution >= 0.6 is 0 Å². The fourth-order valence-electron chi connectivity index (χ4n) is 2.23. The second-order valence-electron chi connectivity index (χ2n) is 4.72. The molecule has 0 aliphatic carbocycles. The molecule has 0 bridgehead atoms. The first-order valence-electron chi connectivity index (χ1n) is 6.46. The molecule has 0 unspecified atom stereocenters. The predicted molar refractivity (Wildman–Crippen MR) is 74.1 cm³/mol. The smallest absolute Gasteiger partial charge is 0.329 e. The van der Waals surface area contributed by atoms with Crippen molar-refractivity contribution in [1.82, 2.24) is 4.98 Å². The van der Waals surface area contributed by atoms with Crippen LogP contribution in [0.3, 0.4) is 0 Å². The molecule has 0 radical (unpaired) electrons. The minimum atomic E-state index is -0.984. The number of aromatic nitrogens is 1. The number of nitrogen functional groups attached to an aromatic ring is 1. The first-order chi connectivity index (χ1) is 9.97. The molecule has 1 saturated heterocycles. The molecule has 9 heteroatoms. The maximum Gasteiger partial charge on any atom is 0.329 e. The molecule has 1 fully saturated rings. The van der Waals surface area contributed by atoms with Gasteiger partial charge in [0.15, 0.2) is 0 Å². The zero-order valence-corrected chi connectivity index (χ0v) is 11.3. The Bertz CT molecular complexity index is 542. The van der Waals surface area contributed by atoms with Crippen LogP contribution in [-0.4, -0.2) is 46.8 Å². The number of nitrogens with two attached hydrogens (primary N) is 1. The van der Waals surface area contributed by atoms with Gasteiger partial charge in [-0.15, -0.1) is 0 Å². The number of aliphatic carboxylic acids is 1. The third kappa shape index (κ3) is 3.78. The Hall–Kier alpha value is -2.42. The average molecular weight is 296 g/mol. The monoisotopic (exact) mass is 296 g/mol. The Morgan fingerprint density at radius 3 is 2.71 bits per heavy atom. The minimum absolute atomic E-state index is 0.0901. The highest BCUT2D eigenvalue weighted by molar-refractivity contribution is 5.68. The normalized spacial score (nSPS) is 15.9. The standard InChI is InChI=1S/C12H16N4O5/c13-12-9(16(19)20)1-2-10(14-12)15-5-3-8(4-6-15)21-7-11(17)18/h1-2,8H,3-7H2,(H2,13,14)(H,17,18). The van der Waals surface area contributed by atoms with Gasteiger partial charge in [0, 0.05) is 19.2 Å². The molecule has 1 aliphatic rings. The molecule has 1 aromatic heterocycles. The van der Waals surface area contributed by atoms with Crippen LogP contribution in [0.4, 0.5) is 17.3 Å². The topological polar surface area (TPSA) is 132 Å². The zero-order chi connectivity index (χ0) is 15.4. The summed E-state index contributed by atoms with van der Waals surface area (Å²) >= 11 is 0.